The molecule has 0 radical (unpaired) electrons. The van der Waals surface area contributed by atoms with Crippen molar-refractivity contribution in [2.24, 2.45) is 5.92 Å². The Hall–Kier alpha value is -1.51. The van der Waals surface area contributed by atoms with Crippen LogP contribution in [-0.2, 0) is 6.42 Å². The minimum atomic E-state index is 0.619. The summed E-state index contributed by atoms with van der Waals surface area (Å²) in [5.74, 6) is 1.96. The average Bonchev–Trinajstić information content (AvgIpc) is 2.91. The zero-order chi connectivity index (χ0) is 12.7. The van der Waals surface area contributed by atoms with Crippen molar-refractivity contribution in [1.82, 2.24) is 9.55 Å². The molecule has 3 heteroatoms. The Balaban J connectivity index is 2.19. The van der Waals surface area contributed by atoms with Gasteiger partial charge in [0, 0.05) is 18.2 Å². The number of nitrogen functional groups attached to an aromatic ring is 1. The first-order valence-corrected chi connectivity index (χ1v) is 6.97. The van der Waals surface area contributed by atoms with E-state index < -0.39 is 0 Å². The Morgan fingerprint density at radius 1 is 1.39 bits per heavy atom. The molecule has 2 atom stereocenters. The highest BCUT2D eigenvalue weighted by atomic mass is 15.1. The average molecular weight is 243 g/mol. The summed E-state index contributed by atoms with van der Waals surface area (Å²) >= 11 is 0. The molecule has 1 fully saturated rings. The molecule has 0 aliphatic heterocycles. The van der Waals surface area contributed by atoms with E-state index in [2.05, 4.69) is 24.5 Å². The first-order chi connectivity index (χ1) is 8.70. The van der Waals surface area contributed by atoms with Crippen molar-refractivity contribution >= 4 is 16.7 Å². The lowest BCUT2D eigenvalue weighted by Crippen LogP contribution is -2.14. The number of hydrogen-bond acceptors (Lipinski definition) is 2. The summed E-state index contributed by atoms with van der Waals surface area (Å²) in [6.07, 6.45) is 4.94. The van der Waals surface area contributed by atoms with Gasteiger partial charge in [-0.3, -0.25) is 0 Å². The van der Waals surface area contributed by atoms with Crippen molar-refractivity contribution in [2.75, 3.05) is 5.73 Å². The van der Waals surface area contributed by atoms with Gasteiger partial charge in [-0.25, -0.2) is 4.98 Å². The van der Waals surface area contributed by atoms with Crippen molar-refractivity contribution in [3.8, 4) is 0 Å². The van der Waals surface area contributed by atoms with Crippen LogP contribution in [0.3, 0.4) is 0 Å². The Labute approximate surface area is 108 Å². The van der Waals surface area contributed by atoms with Gasteiger partial charge in [0.05, 0.1) is 11.0 Å². The van der Waals surface area contributed by atoms with Gasteiger partial charge in [-0.05, 0) is 37.0 Å². The van der Waals surface area contributed by atoms with E-state index in [1.807, 2.05) is 12.1 Å². The number of imidazole rings is 1. The zero-order valence-electron chi connectivity index (χ0n) is 11.2. The maximum Gasteiger partial charge on any atom is 0.109 e. The lowest BCUT2D eigenvalue weighted by Gasteiger charge is -2.20. The van der Waals surface area contributed by atoms with Gasteiger partial charge < -0.3 is 10.3 Å². The standard InChI is InChI=1S/C15H21N3/c1-3-15-17-12-9-11(16)7-8-14(12)18(15)13-6-4-5-10(13)2/h7-10,13H,3-6,16H2,1-2H3. The number of fused-ring (bicyclic) bond motifs is 1. The molecule has 1 aromatic heterocycles. The number of anilines is 1. The number of aromatic nitrogens is 2. The largest absolute Gasteiger partial charge is 0.399 e. The van der Waals surface area contributed by atoms with Crippen molar-refractivity contribution in [3.63, 3.8) is 0 Å². The molecule has 0 saturated heterocycles. The molecule has 2 aromatic rings. The Bertz CT molecular complexity index is 570. The Kier molecular flexibility index (Phi) is 2.77. The first kappa shape index (κ1) is 11.6. The summed E-state index contributed by atoms with van der Waals surface area (Å²) in [5, 5.41) is 0. The van der Waals surface area contributed by atoms with Crippen LogP contribution in [0.4, 0.5) is 5.69 Å². The normalized spacial score (nSPS) is 23.9. The minimum Gasteiger partial charge on any atom is -0.399 e. The van der Waals surface area contributed by atoms with Crippen LogP contribution in [0.15, 0.2) is 18.2 Å². The van der Waals surface area contributed by atoms with Gasteiger partial charge in [-0.1, -0.05) is 20.3 Å². The predicted octanol–water partition coefficient (Wildman–Crippen LogP) is 3.54. The van der Waals surface area contributed by atoms with E-state index in [1.165, 1.54) is 30.6 Å². The molecule has 1 aliphatic carbocycles. The van der Waals surface area contributed by atoms with E-state index in [1.54, 1.807) is 0 Å². The highest BCUT2D eigenvalue weighted by Gasteiger charge is 2.27. The summed E-state index contributed by atoms with van der Waals surface area (Å²) in [6.45, 7) is 4.54. The summed E-state index contributed by atoms with van der Waals surface area (Å²) in [7, 11) is 0. The number of rotatable bonds is 2. The summed E-state index contributed by atoms with van der Waals surface area (Å²) in [5.41, 5.74) is 8.95. The minimum absolute atomic E-state index is 0.619. The van der Waals surface area contributed by atoms with E-state index in [9.17, 15) is 0 Å². The maximum absolute atomic E-state index is 5.86. The van der Waals surface area contributed by atoms with Gasteiger partial charge in [0.15, 0.2) is 0 Å². The molecule has 18 heavy (non-hydrogen) atoms. The molecule has 1 heterocycles. The Morgan fingerprint density at radius 2 is 2.22 bits per heavy atom. The fraction of sp³-hybridized carbons (Fsp3) is 0.533. The number of nitrogens with two attached hydrogens (primary N) is 1. The maximum atomic E-state index is 5.86. The van der Waals surface area contributed by atoms with E-state index in [0.29, 0.717) is 6.04 Å². The summed E-state index contributed by atoms with van der Waals surface area (Å²) < 4.78 is 2.46. The molecule has 96 valence electrons. The molecule has 1 aromatic carbocycles. The molecular weight excluding hydrogens is 222 g/mol. The van der Waals surface area contributed by atoms with Crippen molar-refractivity contribution in [3.05, 3.63) is 24.0 Å². The second kappa shape index (κ2) is 4.30. The molecule has 3 nitrogen and oxygen atoms in total. The second-order valence-electron chi connectivity index (χ2n) is 5.48. The van der Waals surface area contributed by atoms with Gasteiger partial charge in [0.25, 0.3) is 0 Å². The topological polar surface area (TPSA) is 43.8 Å². The number of hydrogen-bond donors (Lipinski definition) is 1. The lowest BCUT2D eigenvalue weighted by molar-refractivity contribution is 0.406. The van der Waals surface area contributed by atoms with Crippen LogP contribution in [0, 0.1) is 5.92 Å². The van der Waals surface area contributed by atoms with Gasteiger partial charge in [0.2, 0.25) is 0 Å². The van der Waals surface area contributed by atoms with Gasteiger partial charge in [-0.2, -0.15) is 0 Å². The van der Waals surface area contributed by atoms with Gasteiger partial charge in [-0.15, -0.1) is 0 Å². The number of aryl methyl sites for hydroxylation is 1. The molecule has 2 unspecified atom stereocenters. The predicted molar refractivity (Wildman–Crippen MR) is 75.6 cm³/mol. The van der Waals surface area contributed by atoms with E-state index >= 15 is 0 Å². The number of nitrogens with zero attached hydrogens (tertiary/aromatic N) is 2. The Morgan fingerprint density at radius 3 is 2.89 bits per heavy atom. The second-order valence-corrected chi connectivity index (χ2v) is 5.48. The smallest absolute Gasteiger partial charge is 0.109 e. The van der Waals surface area contributed by atoms with Crippen LogP contribution in [0.25, 0.3) is 11.0 Å². The summed E-state index contributed by atoms with van der Waals surface area (Å²) in [4.78, 5) is 4.75. The van der Waals surface area contributed by atoms with Crippen molar-refractivity contribution in [2.45, 2.75) is 45.6 Å². The third-order valence-corrected chi connectivity index (χ3v) is 4.25. The molecule has 0 spiro atoms. The monoisotopic (exact) mass is 243 g/mol. The van der Waals surface area contributed by atoms with Crippen molar-refractivity contribution < 1.29 is 0 Å². The molecule has 2 N–H and O–H groups in total. The summed E-state index contributed by atoms with van der Waals surface area (Å²) in [6, 6.07) is 6.72. The van der Waals surface area contributed by atoms with E-state index in [0.717, 1.165) is 23.5 Å². The van der Waals surface area contributed by atoms with Crippen LogP contribution in [0.1, 0.15) is 45.0 Å². The molecule has 0 amide bonds. The third kappa shape index (κ3) is 1.69. The van der Waals surface area contributed by atoms with Gasteiger partial charge in [0.1, 0.15) is 5.82 Å². The molecule has 1 aliphatic rings. The fourth-order valence-electron chi connectivity index (χ4n) is 3.29. The SMILES string of the molecule is CCc1nc2cc(N)ccc2n1C1CCCC1C. The fourth-order valence-corrected chi connectivity index (χ4v) is 3.29. The van der Waals surface area contributed by atoms with Crippen LogP contribution in [0.5, 0.6) is 0 Å². The molecule has 1 saturated carbocycles. The zero-order valence-corrected chi connectivity index (χ0v) is 11.2. The third-order valence-electron chi connectivity index (χ3n) is 4.25. The van der Waals surface area contributed by atoms with E-state index in [4.69, 9.17) is 10.7 Å². The van der Waals surface area contributed by atoms with Crippen LogP contribution in [-0.4, -0.2) is 9.55 Å². The lowest BCUT2D eigenvalue weighted by atomic mass is 10.1. The molecular formula is C15H21N3. The highest BCUT2D eigenvalue weighted by molar-refractivity contribution is 5.79. The van der Waals surface area contributed by atoms with Crippen molar-refractivity contribution in [1.29, 1.82) is 0 Å². The van der Waals surface area contributed by atoms with Crippen LogP contribution < -0.4 is 5.73 Å². The van der Waals surface area contributed by atoms with Crippen LogP contribution in [0.2, 0.25) is 0 Å². The van der Waals surface area contributed by atoms with Gasteiger partial charge >= 0.3 is 0 Å². The first-order valence-electron chi connectivity index (χ1n) is 6.97. The highest BCUT2D eigenvalue weighted by Crippen LogP contribution is 2.38. The van der Waals surface area contributed by atoms with E-state index in [-0.39, 0.29) is 0 Å². The quantitative estimate of drug-likeness (QED) is 0.820. The molecule has 0 bridgehead atoms. The molecule has 3 rings (SSSR count). The number of benzene rings is 1. The van der Waals surface area contributed by atoms with Crippen LogP contribution >= 0.6 is 0 Å².